The van der Waals surface area contributed by atoms with E-state index in [4.69, 9.17) is 21.7 Å². The maximum atomic E-state index is 10.3. The third-order valence-electron chi connectivity index (χ3n) is 1.80. The maximum absolute atomic E-state index is 10.3. The van der Waals surface area contributed by atoms with Gasteiger partial charge in [-0.2, -0.15) is 0 Å². The molecule has 7 N–H and O–H groups in total. The SMILES string of the molecule is N[C@H](CO)[C@H](O)CC[C@H](N)C(=O)O. The second-order valence-corrected chi connectivity index (χ2v) is 2.94. The monoisotopic (exact) mass is 192 g/mol. The van der Waals surface area contributed by atoms with Crippen LogP contribution in [0.5, 0.6) is 0 Å². The highest BCUT2D eigenvalue weighted by Gasteiger charge is 2.17. The summed E-state index contributed by atoms with van der Waals surface area (Å²) in [7, 11) is 0. The van der Waals surface area contributed by atoms with Gasteiger partial charge in [0.25, 0.3) is 0 Å². The second-order valence-electron chi connectivity index (χ2n) is 2.94. The molecule has 0 unspecified atom stereocenters. The fourth-order valence-electron chi connectivity index (χ4n) is 0.810. The van der Waals surface area contributed by atoms with Crippen LogP contribution in [0.3, 0.4) is 0 Å². The largest absolute Gasteiger partial charge is 0.480 e. The summed E-state index contributed by atoms with van der Waals surface area (Å²) < 4.78 is 0. The van der Waals surface area contributed by atoms with Crippen molar-refractivity contribution in [2.75, 3.05) is 6.61 Å². The Morgan fingerprint density at radius 2 is 1.85 bits per heavy atom. The lowest BCUT2D eigenvalue weighted by atomic mass is 10.0. The molecule has 13 heavy (non-hydrogen) atoms. The van der Waals surface area contributed by atoms with Crippen molar-refractivity contribution in [2.45, 2.75) is 31.0 Å². The van der Waals surface area contributed by atoms with Gasteiger partial charge in [0.05, 0.1) is 18.8 Å². The molecular weight excluding hydrogens is 176 g/mol. The van der Waals surface area contributed by atoms with Crippen molar-refractivity contribution in [3.8, 4) is 0 Å². The Hall–Kier alpha value is -0.690. The Morgan fingerprint density at radius 1 is 1.31 bits per heavy atom. The standard InChI is InChI=1S/C7H16N2O4/c8-4(7(12)13)1-2-6(11)5(9)3-10/h4-6,10-11H,1-3,8-9H2,(H,12,13)/t4-,5+,6+/m0/s1. The van der Waals surface area contributed by atoms with Gasteiger partial charge in [0.1, 0.15) is 6.04 Å². The van der Waals surface area contributed by atoms with Gasteiger partial charge in [0.2, 0.25) is 0 Å². The number of hydrogen-bond donors (Lipinski definition) is 5. The summed E-state index contributed by atoms with van der Waals surface area (Å²) >= 11 is 0. The third-order valence-corrected chi connectivity index (χ3v) is 1.80. The summed E-state index contributed by atoms with van der Waals surface area (Å²) in [5.41, 5.74) is 10.5. The predicted molar refractivity (Wildman–Crippen MR) is 45.9 cm³/mol. The number of carboxylic acids is 1. The first-order chi connectivity index (χ1) is 5.99. The molecule has 0 saturated carbocycles. The van der Waals surface area contributed by atoms with Crippen molar-refractivity contribution in [1.82, 2.24) is 0 Å². The highest BCUT2D eigenvalue weighted by atomic mass is 16.4. The minimum Gasteiger partial charge on any atom is -0.480 e. The van der Waals surface area contributed by atoms with Crippen molar-refractivity contribution in [1.29, 1.82) is 0 Å². The minimum absolute atomic E-state index is 0.143. The summed E-state index contributed by atoms with van der Waals surface area (Å²) in [5.74, 6) is -1.11. The molecule has 6 nitrogen and oxygen atoms in total. The van der Waals surface area contributed by atoms with Crippen LogP contribution in [0.2, 0.25) is 0 Å². The molecule has 0 aromatic carbocycles. The fraction of sp³-hybridized carbons (Fsp3) is 0.857. The molecule has 6 heteroatoms. The second kappa shape index (κ2) is 5.87. The normalized spacial score (nSPS) is 17.8. The molecule has 0 radical (unpaired) electrons. The van der Waals surface area contributed by atoms with E-state index in [2.05, 4.69) is 0 Å². The van der Waals surface area contributed by atoms with Crippen LogP contribution in [0.25, 0.3) is 0 Å². The zero-order chi connectivity index (χ0) is 10.4. The van der Waals surface area contributed by atoms with E-state index in [1.807, 2.05) is 0 Å². The number of nitrogens with two attached hydrogens (primary N) is 2. The number of hydrogen-bond acceptors (Lipinski definition) is 5. The van der Waals surface area contributed by atoms with Crippen LogP contribution in [-0.2, 0) is 4.79 Å². The molecule has 0 aromatic rings. The lowest BCUT2D eigenvalue weighted by Crippen LogP contribution is -2.39. The average molecular weight is 192 g/mol. The quantitative estimate of drug-likeness (QED) is 0.326. The molecule has 3 atom stereocenters. The molecule has 0 bridgehead atoms. The van der Waals surface area contributed by atoms with E-state index in [1.165, 1.54) is 0 Å². The molecule has 78 valence electrons. The van der Waals surface area contributed by atoms with Crippen LogP contribution < -0.4 is 11.5 Å². The van der Waals surface area contributed by atoms with E-state index in [9.17, 15) is 9.90 Å². The molecule has 0 spiro atoms. The molecule has 0 aliphatic heterocycles. The number of aliphatic carboxylic acids is 1. The lowest BCUT2D eigenvalue weighted by molar-refractivity contribution is -0.138. The van der Waals surface area contributed by atoms with Gasteiger partial charge in [0, 0.05) is 0 Å². The number of rotatable bonds is 6. The van der Waals surface area contributed by atoms with Crippen molar-refractivity contribution in [3.05, 3.63) is 0 Å². The van der Waals surface area contributed by atoms with E-state index in [1.54, 1.807) is 0 Å². The Kier molecular flexibility index (Phi) is 5.56. The van der Waals surface area contributed by atoms with E-state index < -0.39 is 24.2 Å². The van der Waals surface area contributed by atoms with Crippen molar-refractivity contribution in [3.63, 3.8) is 0 Å². The van der Waals surface area contributed by atoms with Crippen LogP contribution in [-0.4, -0.2) is 46.1 Å². The summed E-state index contributed by atoms with van der Waals surface area (Å²) in [4.78, 5) is 10.3. The summed E-state index contributed by atoms with van der Waals surface area (Å²) in [5, 5.41) is 26.2. The Balaban J connectivity index is 3.69. The molecule has 0 aliphatic carbocycles. The van der Waals surface area contributed by atoms with Gasteiger partial charge in [-0.1, -0.05) is 0 Å². The van der Waals surface area contributed by atoms with Gasteiger partial charge in [-0.05, 0) is 12.8 Å². The molecule has 0 aromatic heterocycles. The number of carbonyl (C=O) groups is 1. The van der Waals surface area contributed by atoms with Gasteiger partial charge in [0.15, 0.2) is 0 Å². The zero-order valence-corrected chi connectivity index (χ0v) is 7.26. The average Bonchev–Trinajstić information content (AvgIpc) is 2.11. The fourth-order valence-corrected chi connectivity index (χ4v) is 0.810. The lowest BCUT2D eigenvalue weighted by Gasteiger charge is -2.17. The molecule has 0 aliphatic rings. The third kappa shape index (κ3) is 4.79. The van der Waals surface area contributed by atoms with Crippen LogP contribution in [0.15, 0.2) is 0 Å². The first-order valence-electron chi connectivity index (χ1n) is 4.02. The van der Waals surface area contributed by atoms with Crippen molar-refractivity contribution in [2.24, 2.45) is 11.5 Å². The van der Waals surface area contributed by atoms with Crippen LogP contribution in [0.4, 0.5) is 0 Å². The minimum atomic E-state index is -1.11. The van der Waals surface area contributed by atoms with Crippen molar-refractivity contribution >= 4 is 5.97 Å². The molecule has 0 rings (SSSR count). The van der Waals surface area contributed by atoms with E-state index in [0.717, 1.165) is 0 Å². The molecule has 0 fully saturated rings. The Bertz CT molecular complexity index is 165. The van der Waals surface area contributed by atoms with E-state index in [-0.39, 0.29) is 19.4 Å². The molecule has 0 saturated heterocycles. The Labute approximate surface area is 76.2 Å². The number of aliphatic hydroxyl groups excluding tert-OH is 2. The summed E-state index contributed by atoms with van der Waals surface area (Å²) in [6.45, 7) is -0.330. The van der Waals surface area contributed by atoms with Gasteiger partial charge < -0.3 is 26.8 Å². The van der Waals surface area contributed by atoms with E-state index >= 15 is 0 Å². The predicted octanol–water partition coefficient (Wildman–Crippen LogP) is -2.14. The van der Waals surface area contributed by atoms with Gasteiger partial charge in [-0.25, -0.2) is 0 Å². The Morgan fingerprint density at radius 3 is 2.23 bits per heavy atom. The maximum Gasteiger partial charge on any atom is 0.320 e. The zero-order valence-electron chi connectivity index (χ0n) is 7.26. The molecular formula is C7H16N2O4. The summed E-state index contributed by atoms with van der Waals surface area (Å²) in [6, 6.07) is -1.72. The van der Waals surface area contributed by atoms with Crippen LogP contribution in [0.1, 0.15) is 12.8 Å². The first-order valence-corrected chi connectivity index (χ1v) is 4.02. The number of aliphatic hydroxyl groups is 2. The highest BCUT2D eigenvalue weighted by Crippen LogP contribution is 2.02. The first kappa shape index (κ1) is 12.3. The summed E-state index contributed by atoms with van der Waals surface area (Å²) in [6.07, 6.45) is -0.588. The van der Waals surface area contributed by atoms with E-state index in [0.29, 0.717) is 0 Å². The van der Waals surface area contributed by atoms with Gasteiger partial charge in [-0.3, -0.25) is 4.79 Å². The van der Waals surface area contributed by atoms with Crippen LogP contribution >= 0.6 is 0 Å². The highest BCUT2D eigenvalue weighted by molar-refractivity contribution is 5.72. The van der Waals surface area contributed by atoms with Gasteiger partial charge >= 0.3 is 5.97 Å². The van der Waals surface area contributed by atoms with Crippen molar-refractivity contribution < 1.29 is 20.1 Å². The molecule has 0 amide bonds. The smallest absolute Gasteiger partial charge is 0.320 e. The topological polar surface area (TPSA) is 130 Å². The van der Waals surface area contributed by atoms with Gasteiger partial charge in [-0.15, -0.1) is 0 Å². The van der Waals surface area contributed by atoms with Crippen LogP contribution in [0, 0.1) is 0 Å². The number of carboxylic acid groups (broad SMARTS) is 1. The molecule has 0 heterocycles.